The summed E-state index contributed by atoms with van der Waals surface area (Å²) in [5.74, 6) is -3.01. The number of esters is 2. The molecular formula is C29H37NO8. The van der Waals surface area contributed by atoms with E-state index in [9.17, 15) is 19.5 Å². The minimum atomic E-state index is -1.07. The van der Waals surface area contributed by atoms with Gasteiger partial charge in [0.25, 0.3) is 0 Å². The highest BCUT2D eigenvalue weighted by atomic mass is 16.6. The number of hydrogen-bond donors (Lipinski definition) is 2. The third-order valence-corrected chi connectivity index (χ3v) is 9.20. The van der Waals surface area contributed by atoms with Crippen LogP contribution in [0, 0.1) is 29.1 Å². The first kappa shape index (κ1) is 26.8. The van der Waals surface area contributed by atoms with Crippen LogP contribution in [0.4, 0.5) is 0 Å². The number of carbonyl (C=O) groups is 3. The standard InChI is InChI=1S/C29H37NO8/c1-14-12-15(2)29-18(13-20(35-6)27(34)36-22(14)17(4)31)9-10-28(5)24(29)21(32)16(3)23(25(28)38-29)37-26(33)19-8-7-11-30-19/h7-12,14,16-18,20,22-25,30-31H,13H2,1-6H3/b15-12+/t14-,16-,17-,18-,20+,22-,23-,24-,25+,28-,29+/m1/s1. The number of aromatic nitrogens is 1. The molecule has 0 radical (unpaired) electrons. The number of hydrogen-bond acceptors (Lipinski definition) is 8. The van der Waals surface area contributed by atoms with Gasteiger partial charge in [-0.05, 0) is 38.0 Å². The van der Waals surface area contributed by atoms with Crippen LogP contribution in [-0.2, 0) is 28.5 Å². The van der Waals surface area contributed by atoms with Gasteiger partial charge in [0.15, 0.2) is 6.10 Å². The van der Waals surface area contributed by atoms with Gasteiger partial charge in [-0.1, -0.05) is 39.0 Å². The summed E-state index contributed by atoms with van der Waals surface area (Å²) in [7, 11) is 1.45. The number of cyclic esters (lactones) is 1. The average molecular weight is 528 g/mol. The van der Waals surface area contributed by atoms with Crippen molar-refractivity contribution in [2.24, 2.45) is 29.1 Å². The van der Waals surface area contributed by atoms with Crippen molar-refractivity contribution >= 4 is 17.7 Å². The van der Waals surface area contributed by atoms with E-state index >= 15 is 0 Å². The molecule has 1 saturated heterocycles. The lowest BCUT2D eigenvalue weighted by atomic mass is 9.52. The molecule has 9 nitrogen and oxygen atoms in total. The zero-order valence-electron chi connectivity index (χ0n) is 22.7. The summed E-state index contributed by atoms with van der Waals surface area (Å²) >= 11 is 0. The number of H-pyrrole nitrogens is 1. The molecule has 0 aromatic carbocycles. The van der Waals surface area contributed by atoms with Gasteiger partial charge in [0.05, 0.1) is 17.9 Å². The number of Topliss-reactive ketones (excluding diaryl/α,β-unsaturated/α-hetero) is 1. The highest BCUT2D eigenvalue weighted by Gasteiger charge is 2.74. The minimum Gasteiger partial charge on any atom is -0.457 e. The van der Waals surface area contributed by atoms with Crippen molar-refractivity contribution in [1.82, 2.24) is 4.98 Å². The summed E-state index contributed by atoms with van der Waals surface area (Å²) in [6.45, 7) is 9.16. The summed E-state index contributed by atoms with van der Waals surface area (Å²) in [6, 6.07) is 3.34. The number of aliphatic hydroxyl groups is 1. The number of carbonyl (C=O) groups excluding carboxylic acids is 3. The molecule has 1 saturated carbocycles. The molecule has 0 unspecified atom stereocenters. The second kappa shape index (κ2) is 9.47. The van der Waals surface area contributed by atoms with Gasteiger partial charge in [-0.3, -0.25) is 4.79 Å². The molecule has 2 N–H and O–H groups in total. The first-order chi connectivity index (χ1) is 18.0. The smallest absolute Gasteiger partial charge is 0.355 e. The first-order valence-electron chi connectivity index (χ1n) is 13.3. The Morgan fingerprint density at radius 2 is 2.03 bits per heavy atom. The van der Waals surface area contributed by atoms with Crippen molar-refractivity contribution in [1.29, 1.82) is 0 Å². The number of ketones is 1. The Balaban J connectivity index is 1.62. The fraction of sp³-hybridized carbons (Fsp3) is 0.621. The van der Waals surface area contributed by atoms with Gasteiger partial charge in [0.1, 0.15) is 35.4 Å². The molecule has 4 bridgehead atoms. The molecule has 3 heterocycles. The molecule has 1 aromatic heterocycles. The molecule has 0 amide bonds. The fourth-order valence-corrected chi connectivity index (χ4v) is 7.29. The molecule has 38 heavy (non-hydrogen) atoms. The topological polar surface area (TPSA) is 124 Å². The zero-order valence-corrected chi connectivity index (χ0v) is 22.7. The van der Waals surface area contributed by atoms with Crippen molar-refractivity contribution in [3.05, 3.63) is 47.8 Å². The second-order valence-electron chi connectivity index (χ2n) is 11.6. The van der Waals surface area contributed by atoms with Gasteiger partial charge < -0.3 is 29.0 Å². The van der Waals surface area contributed by atoms with E-state index in [0.29, 0.717) is 5.69 Å². The first-order valence-corrected chi connectivity index (χ1v) is 13.3. The number of aromatic amines is 1. The maximum atomic E-state index is 14.2. The van der Waals surface area contributed by atoms with Crippen molar-refractivity contribution < 1.29 is 38.4 Å². The molecule has 2 aliphatic carbocycles. The predicted octanol–water partition coefficient (Wildman–Crippen LogP) is 3.00. The van der Waals surface area contributed by atoms with Gasteiger partial charge in [0, 0.05) is 30.6 Å². The van der Waals surface area contributed by atoms with Gasteiger partial charge in [0.2, 0.25) is 0 Å². The number of rotatable bonds is 4. The van der Waals surface area contributed by atoms with Crippen molar-refractivity contribution in [2.45, 2.75) is 77.2 Å². The lowest BCUT2D eigenvalue weighted by Crippen LogP contribution is -2.59. The van der Waals surface area contributed by atoms with E-state index in [1.54, 1.807) is 32.2 Å². The summed E-state index contributed by atoms with van der Waals surface area (Å²) in [6.07, 6.45) is 3.83. The lowest BCUT2D eigenvalue weighted by molar-refractivity contribution is -0.172. The molecule has 1 spiro atoms. The van der Waals surface area contributed by atoms with E-state index in [-0.39, 0.29) is 24.0 Å². The van der Waals surface area contributed by atoms with Crippen LogP contribution in [0.25, 0.3) is 0 Å². The SMILES string of the molecule is CO[C@H]1C[C@H]2C=C[C@]3(C)[C@H]4C(=O)[C@@H](C)[C@@H](OC(=O)c5ccc[nH]5)[C@@H]3O[C@@]24/C(C)=C/[C@@H](C)[C@H]([C@@H](C)O)OC1=O. The van der Waals surface area contributed by atoms with E-state index in [1.807, 2.05) is 39.0 Å². The van der Waals surface area contributed by atoms with Crippen molar-refractivity contribution in [3.63, 3.8) is 0 Å². The Kier molecular flexibility index (Phi) is 6.69. The summed E-state index contributed by atoms with van der Waals surface area (Å²) in [4.78, 5) is 43.1. The number of nitrogens with one attached hydrogen (secondary N) is 1. The Morgan fingerprint density at radius 1 is 1.29 bits per heavy atom. The van der Waals surface area contributed by atoms with E-state index < -0.39 is 65.3 Å². The highest BCUT2D eigenvalue weighted by molar-refractivity contribution is 5.91. The van der Waals surface area contributed by atoms with Crippen LogP contribution in [0.2, 0.25) is 0 Å². The molecular weight excluding hydrogens is 490 g/mol. The molecule has 5 rings (SSSR count). The predicted molar refractivity (Wildman–Crippen MR) is 136 cm³/mol. The molecule has 11 atom stereocenters. The van der Waals surface area contributed by atoms with Crippen LogP contribution in [0.15, 0.2) is 42.1 Å². The second-order valence-corrected chi connectivity index (χ2v) is 11.6. The molecule has 2 aliphatic heterocycles. The van der Waals surface area contributed by atoms with E-state index in [0.717, 1.165) is 5.57 Å². The zero-order chi connectivity index (χ0) is 27.6. The van der Waals surface area contributed by atoms with Crippen molar-refractivity contribution in [2.75, 3.05) is 7.11 Å². The Bertz CT molecular complexity index is 1170. The van der Waals surface area contributed by atoms with E-state index in [4.69, 9.17) is 18.9 Å². The average Bonchev–Trinajstić information content (AvgIpc) is 3.45. The maximum Gasteiger partial charge on any atom is 0.355 e. The van der Waals surface area contributed by atoms with Crippen LogP contribution in [0.5, 0.6) is 0 Å². The van der Waals surface area contributed by atoms with Gasteiger partial charge >= 0.3 is 11.9 Å². The Hall–Kier alpha value is -2.75. The number of ether oxygens (including phenoxy) is 4. The van der Waals surface area contributed by atoms with Gasteiger partial charge in [-0.2, -0.15) is 0 Å². The lowest BCUT2D eigenvalue weighted by Gasteiger charge is -2.49. The van der Waals surface area contributed by atoms with Gasteiger partial charge in [-0.15, -0.1) is 0 Å². The van der Waals surface area contributed by atoms with Crippen LogP contribution in [-0.4, -0.2) is 71.0 Å². The van der Waals surface area contributed by atoms with Crippen molar-refractivity contribution in [3.8, 4) is 0 Å². The van der Waals surface area contributed by atoms with E-state index in [1.165, 1.54) is 7.11 Å². The Morgan fingerprint density at radius 3 is 2.66 bits per heavy atom. The fourth-order valence-electron chi connectivity index (χ4n) is 7.29. The molecule has 206 valence electrons. The number of methoxy groups -OCH3 is 1. The van der Waals surface area contributed by atoms with Crippen LogP contribution in [0.3, 0.4) is 0 Å². The van der Waals surface area contributed by atoms with E-state index in [2.05, 4.69) is 4.98 Å². The summed E-state index contributed by atoms with van der Waals surface area (Å²) in [5, 5.41) is 10.4. The third-order valence-electron chi connectivity index (χ3n) is 9.20. The van der Waals surface area contributed by atoms with Crippen LogP contribution in [0.1, 0.15) is 51.5 Å². The molecule has 1 aromatic rings. The minimum absolute atomic E-state index is 0.0408. The normalized spacial score (nSPS) is 44.4. The highest BCUT2D eigenvalue weighted by Crippen LogP contribution is 2.65. The third kappa shape index (κ3) is 3.81. The molecule has 9 heteroatoms. The monoisotopic (exact) mass is 527 g/mol. The largest absolute Gasteiger partial charge is 0.457 e. The van der Waals surface area contributed by atoms with Crippen LogP contribution >= 0.6 is 0 Å². The quantitative estimate of drug-likeness (QED) is 0.452. The molecule has 4 aliphatic rings. The molecule has 2 fully saturated rings. The summed E-state index contributed by atoms with van der Waals surface area (Å²) < 4.78 is 24.2. The van der Waals surface area contributed by atoms with Gasteiger partial charge in [-0.25, -0.2) is 9.59 Å². The summed E-state index contributed by atoms with van der Waals surface area (Å²) in [5.41, 5.74) is -0.665. The maximum absolute atomic E-state index is 14.2. The number of aliphatic hydroxyl groups excluding tert-OH is 1. The van der Waals surface area contributed by atoms with Crippen LogP contribution < -0.4 is 0 Å². The Labute approximate surface area is 222 Å².